The molecule has 0 aliphatic carbocycles. The van der Waals surface area contributed by atoms with Crippen LogP contribution in [0, 0.1) is 0 Å². The number of nitrogens with zero attached hydrogens (tertiary/aromatic N) is 2. The predicted molar refractivity (Wildman–Crippen MR) is 94.4 cm³/mol. The number of morpholine rings is 1. The van der Waals surface area contributed by atoms with E-state index >= 15 is 0 Å². The topological polar surface area (TPSA) is 61.9 Å². The third-order valence-electron chi connectivity index (χ3n) is 4.37. The van der Waals surface area contributed by atoms with Gasteiger partial charge in [-0.25, -0.2) is 0 Å². The molecule has 2 heterocycles. The zero-order valence-corrected chi connectivity index (χ0v) is 14.7. The van der Waals surface area contributed by atoms with E-state index in [1.807, 2.05) is 24.3 Å². The number of amides is 2. The first-order valence-corrected chi connectivity index (χ1v) is 9.24. The quantitative estimate of drug-likeness (QED) is 0.858. The Bertz CT molecular complexity index is 604. The zero-order chi connectivity index (χ0) is 16.9. The summed E-state index contributed by atoms with van der Waals surface area (Å²) < 4.78 is 5.35. The van der Waals surface area contributed by atoms with E-state index in [-0.39, 0.29) is 24.4 Å². The monoisotopic (exact) mass is 349 g/mol. The molecule has 1 saturated heterocycles. The molecule has 0 bridgehead atoms. The van der Waals surface area contributed by atoms with E-state index in [0.29, 0.717) is 12.3 Å². The number of rotatable bonds is 5. The van der Waals surface area contributed by atoms with Crippen LogP contribution in [0.2, 0.25) is 0 Å². The first-order valence-electron chi connectivity index (χ1n) is 8.26. The van der Waals surface area contributed by atoms with Crippen LogP contribution in [0.5, 0.6) is 0 Å². The van der Waals surface area contributed by atoms with Crippen LogP contribution in [0.4, 0.5) is 5.69 Å². The number of para-hydroxylation sites is 1. The fraction of sp³-hybridized carbons (Fsp3) is 0.529. The van der Waals surface area contributed by atoms with E-state index in [2.05, 4.69) is 17.1 Å². The molecule has 0 aromatic heterocycles. The minimum atomic E-state index is -0.120. The highest BCUT2D eigenvalue weighted by atomic mass is 32.2. The Morgan fingerprint density at radius 1 is 1.33 bits per heavy atom. The molecule has 0 saturated carbocycles. The summed E-state index contributed by atoms with van der Waals surface area (Å²) in [4.78, 5) is 29.4. The maximum absolute atomic E-state index is 12.3. The van der Waals surface area contributed by atoms with Gasteiger partial charge in [0.25, 0.3) is 0 Å². The molecule has 1 N–H and O–H groups in total. The van der Waals surface area contributed by atoms with E-state index in [1.165, 1.54) is 11.8 Å². The van der Waals surface area contributed by atoms with E-state index in [0.717, 1.165) is 36.9 Å². The third kappa shape index (κ3) is 4.09. The average Bonchev–Trinajstić information content (AvgIpc) is 2.63. The SMILES string of the molecule is C[C@H](CNC(=O)CN1C(=O)CSc2ccccc21)N1CCOCC1. The molecule has 3 rings (SSSR count). The van der Waals surface area contributed by atoms with Gasteiger partial charge in [-0.2, -0.15) is 0 Å². The summed E-state index contributed by atoms with van der Waals surface area (Å²) in [6.07, 6.45) is 0. The second-order valence-corrected chi connectivity index (χ2v) is 7.05. The highest BCUT2D eigenvalue weighted by molar-refractivity contribution is 8.00. The van der Waals surface area contributed by atoms with Crippen LogP contribution < -0.4 is 10.2 Å². The highest BCUT2D eigenvalue weighted by Gasteiger charge is 2.26. The van der Waals surface area contributed by atoms with Crippen LogP contribution in [0.25, 0.3) is 0 Å². The van der Waals surface area contributed by atoms with Crippen molar-refractivity contribution >= 4 is 29.3 Å². The van der Waals surface area contributed by atoms with Crippen molar-refractivity contribution in [3.8, 4) is 0 Å². The molecule has 0 unspecified atom stereocenters. The number of thioether (sulfide) groups is 1. The largest absolute Gasteiger partial charge is 0.379 e. The van der Waals surface area contributed by atoms with Crippen LogP contribution in [-0.4, -0.2) is 67.9 Å². The highest BCUT2D eigenvalue weighted by Crippen LogP contribution is 2.34. The van der Waals surface area contributed by atoms with Gasteiger partial charge in [0.1, 0.15) is 6.54 Å². The molecule has 2 amide bonds. The first-order chi connectivity index (χ1) is 11.6. The molecule has 1 fully saturated rings. The van der Waals surface area contributed by atoms with Gasteiger partial charge in [-0.05, 0) is 19.1 Å². The van der Waals surface area contributed by atoms with Crippen molar-refractivity contribution in [2.45, 2.75) is 17.9 Å². The predicted octanol–water partition coefficient (Wildman–Crippen LogP) is 0.962. The normalized spacial score (nSPS) is 19.7. The van der Waals surface area contributed by atoms with Crippen molar-refractivity contribution in [3.63, 3.8) is 0 Å². The Morgan fingerprint density at radius 3 is 2.88 bits per heavy atom. The number of carbonyl (C=O) groups excluding carboxylic acids is 2. The van der Waals surface area contributed by atoms with Gasteiger partial charge in [-0.1, -0.05) is 12.1 Å². The number of ether oxygens (including phenoxy) is 1. The van der Waals surface area contributed by atoms with Gasteiger partial charge in [0.15, 0.2) is 0 Å². The molecular formula is C17H23N3O3S. The number of nitrogens with one attached hydrogen (secondary N) is 1. The molecule has 1 aromatic rings. The van der Waals surface area contributed by atoms with Crippen molar-refractivity contribution in [2.75, 3.05) is 50.0 Å². The summed E-state index contributed by atoms with van der Waals surface area (Å²) in [7, 11) is 0. The van der Waals surface area contributed by atoms with Crippen LogP contribution in [0.3, 0.4) is 0 Å². The molecule has 2 aliphatic rings. The van der Waals surface area contributed by atoms with Gasteiger partial charge < -0.3 is 15.0 Å². The summed E-state index contributed by atoms with van der Waals surface area (Å²) in [6, 6.07) is 7.98. The van der Waals surface area contributed by atoms with Gasteiger partial charge >= 0.3 is 0 Å². The van der Waals surface area contributed by atoms with Gasteiger partial charge in [0.05, 0.1) is 24.7 Å². The van der Waals surface area contributed by atoms with Gasteiger partial charge in [0, 0.05) is 30.6 Å². The number of anilines is 1. The lowest BCUT2D eigenvalue weighted by Gasteiger charge is -2.32. The molecule has 1 atom stereocenters. The molecular weight excluding hydrogens is 326 g/mol. The molecule has 1 aromatic carbocycles. The van der Waals surface area contributed by atoms with Crippen molar-refractivity contribution < 1.29 is 14.3 Å². The number of hydrogen-bond donors (Lipinski definition) is 1. The number of carbonyl (C=O) groups is 2. The van der Waals surface area contributed by atoms with Gasteiger partial charge in [-0.15, -0.1) is 11.8 Å². The molecule has 7 heteroatoms. The first kappa shape index (κ1) is 17.3. The van der Waals surface area contributed by atoms with Crippen LogP contribution in [-0.2, 0) is 14.3 Å². The van der Waals surface area contributed by atoms with Crippen LogP contribution in [0.1, 0.15) is 6.92 Å². The second kappa shape index (κ2) is 8.00. The van der Waals surface area contributed by atoms with Gasteiger partial charge in [0.2, 0.25) is 11.8 Å². The molecule has 2 aliphatic heterocycles. The fourth-order valence-electron chi connectivity index (χ4n) is 2.94. The summed E-state index contributed by atoms with van der Waals surface area (Å²) in [6.45, 7) is 6.04. The Kier molecular flexibility index (Phi) is 5.76. The summed E-state index contributed by atoms with van der Waals surface area (Å²) >= 11 is 1.52. The van der Waals surface area contributed by atoms with E-state index in [9.17, 15) is 9.59 Å². The number of hydrogen-bond acceptors (Lipinski definition) is 5. The maximum Gasteiger partial charge on any atom is 0.240 e. The number of benzene rings is 1. The standard InChI is InChI=1S/C17H23N3O3S/c1-13(19-6-8-23-9-7-19)10-18-16(21)11-20-14-4-2-3-5-15(14)24-12-17(20)22/h2-5,13H,6-12H2,1H3,(H,18,21)/t13-/m1/s1. The minimum Gasteiger partial charge on any atom is -0.379 e. The maximum atomic E-state index is 12.3. The Balaban J connectivity index is 1.54. The molecule has 6 nitrogen and oxygen atoms in total. The van der Waals surface area contributed by atoms with E-state index < -0.39 is 0 Å². The lowest BCUT2D eigenvalue weighted by Crippen LogP contribution is -2.49. The van der Waals surface area contributed by atoms with Crippen molar-refractivity contribution in [1.82, 2.24) is 10.2 Å². The lowest BCUT2D eigenvalue weighted by atomic mass is 10.2. The Morgan fingerprint density at radius 2 is 2.08 bits per heavy atom. The zero-order valence-electron chi connectivity index (χ0n) is 13.9. The van der Waals surface area contributed by atoms with Crippen LogP contribution in [0.15, 0.2) is 29.2 Å². The second-order valence-electron chi connectivity index (χ2n) is 6.04. The third-order valence-corrected chi connectivity index (χ3v) is 5.42. The Hall–Kier alpha value is -1.57. The lowest BCUT2D eigenvalue weighted by molar-refractivity contribution is -0.123. The summed E-state index contributed by atoms with van der Waals surface area (Å²) in [5.74, 6) is 0.245. The minimum absolute atomic E-state index is 0.0184. The van der Waals surface area contributed by atoms with Crippen molar-refractivity contribution in [2.24, 2.45) is 0 Å². The van der Waals surface area contributed by atoms with E-state index in [4.69, 9.17) is 4.74 Å². The Labute approximate surface area is 146 Å². The van der Waals surface area contributed by atoms with Gasteiger partial charge in [-0.3, -0.25) is 14.5 Å². The molecule has 24 heavy (non-hydrogen) atoms. The number of fused-ring (bicyclic) bond motifs is 1. The van der Waals surface area contributed by atoms with Crippen molar-refractivity contribution in [3.05, 3.63) is 24.3 Å². The summed E-state index contributed by atoms with van der Waals surface area (Å²) in [5.41, 5.74) is 0.829. The molecule has 0 radical (unpaired) electrons. The smallest absolute Gasteiger partial charge is 0.240 e. The molecule has 0 spiro atoms. The van der Waals surface area contributed by atoms with Crippen molar-refractivity contribution in [1.29, 1.82) is 0 Å². The fourth-order valence-corrected chi connectivity index (χ4v) is 3.87. The summed E-state index contributed by atoms with van der Waals surface area (Å²) in [5, 5.41) is 2.96. The van der Waals surface area contributed by atoms with Crippen LogP contribution >= 0.6 is 11.8 Å². The average molecular weight is 349 g/mol. The molecule has 130 valence electrons. The van der Waals surface area contributed by atoms with E-state index in [1.54, 1.807) is 4.90 Å².